The van der Waals surface area contributed by atoms with Crippen LogP contribution in [-0.4, -0.2) is 86.6 Å². The quantitative estimate of drug-likeness (QED) is 0.0816. The molecule has 0 spiro atoms. The first kappa shape index (κ1) is 85.0. The normalized spacial score (nSPS) is 24.5. The number of alkyl halides is 3. The summed E-state index contributed by atoms with van der Waals surface area (Å²) in [5.41, 5.74) is 12.2. The second-order valence-electron chi connectivity index (χ2n) is 35.7. The van der Waals surface area contributed by atoms with Gasteiger partial charge in [0.1, 0.15) is 5.69 Å². The lowest BCUT2D eigenvalue weighted by atomic mass is 9.63. The standard InChI is InChI=1S/C40H39N3O3.C36H33N3O3.C30H26F3N3O3/c1-4-42-33-21-20-26(2)22-32(33)40(24-28-14-8-5-9-15-28,25-29-16-10-6-11-17-29)34(42)23-31-37(44)36(38(31)45)35-27(3)41-43(39(35)46)30-18-12-7-13-19-30;1-22-30(35(42)39(37-22)25-15-8-5-9-16-25)31-33(40)27(34(31)41)20-29-36(2,21-23-12-6-4-7-13-23)32-26-17-11-10-14-24(26)18-19-28(32)38(29)3;1-29(2)21(35(3)20-14-13-16-9-7-8-12-18(16)24(20)29)15-19-25(37)22(26(19)38)23-27(30(31,32)33)34-36(28(23)39)17-10-5-4-6-11-17/h5-23,31,36-38,41H,4,24-25H2,1-3H3;4-20,27,31,33-34,37H,21H2,1-3H3;4-15,19,22,25-26,34H,1-3H3/q3*-2. The minimum Gasteiger partial charge on any atom is -0.851 e. The number of benzene rings is 11. The molecule has 21 heteroatoms. The van der Waals surface area contributed by atoms with Crippen molar-refractivity contribution in [3.05, 3.63) is 412 Å². The van der Waals surface area contributed by atoms with Gasteiger partial charge >= 0.3 is 6.18 Å². The number of nitrogens with zero attached hydrogens (tertiary/aromatic N) is 6. The molecule has 127 heavy (non-hydrogen) atoms. The van der Waals surface area contributed by atoms with Crippen molar-refractivity contribution < 1.29 is 43.8 Å². The predicted molar refractivity (Wildman–Crippen MR) is 481 cm³/mol. The number of hydrogen-bond donors (Lipinski definition) is 3. The Bertz CT molecular complexity index is 6690. The van der Waals surface area contributed by atoms with Crippen LogP contribution in [0.5, 0.6) is 0 Å². The van der Waals surface area contributed by atoms with Crippen LogP contribution in [-0.2, 0) is 41.7 Å². The van der Waals surface area contributed by atoms with Gasteiger partial charge in [-0.1, -0.05) is 256 Å². The number of aromatic amines is 3. The van der Waals surface area contributed by atoms with Crippen LogP contribution in [0.1, 0.15) is 118 Å². The third-order valence-corrected chi connectivity index (χ3v) is 27.7. The molecule has 0 bridgehead atoms. The summed E-state index contributed by atoms with van der Waals surface area (Å²) < 4.78 is 45.6. The molecular formula is C106H98F3N9O9-6. The van der Waals surface area contributed by atoms with Gasteiger partial charge in [0.2, 0.25) is 0 Å². The van der Waals surface area contributed by atoms with Crippen LogP contribution in [0.2, 0.25) is 0 Å². The van der Waals surface area contributed by atoms with E-state index in [1.807, 2.05) is 178 Å². The van der Waals surface area contributed by atoms with Crippen molar-refractivity contribution in [2.75, 3.05) is 35.3 Å². The van der Waals surface area contributed by atoms with Crippen molar-refractivity contribution in [2.24, 2.45) is 17.8 Å². The summed E-state index contributed by atoms with van der Waals surface area (Å²) in [4.78, 5) is 46.6. The van der Waals surface area contributed by atoms with Gasteiger partial charge < -0.3 is 45.3 Å². The van der Waals surface area contributed by atoms with Gasteiger partial charge in [0, 0.05) is 93.6 Å². The SMILES string of the molecule is CCN1C(=CC2C([O-])C(c3c(C)[nH]n(-c4ccccc4)c3=O)C2[O-])C(Cc2ccccc2)(Cc2ccccc2)c2cc(C)ccc21.CN1C(=CC2C([O-])C(c3c(C(F)(F)F)[nH]n(-c4ccccc4)c3=O)C2[O-])C(C)(C)c2c1ccc1ccccc21.Cc1[nH]n(-c2ccccc2)c(=O)c1C1C([O-])C(C=C2N(C)c3ccc4ccccc4c3C2(C)Cc2ccccc2)C1[O-]. The first-order valence-electron chi connectivity index (χ1n) is 43.4. The lowest BCUT2D eigenvalue weighted by Gasteiger charge is -2.60. The number of nitrogens with one attached hydrogen (secondary N) is 3. The average Bonchev–Trinajstić information content (AvgIpc) is 1.57. The summed E-state index contributed by atoms with van der Waals surface area (Å²) in [6.07, 6.45) is -5.47. The highest BCUT2D eigenvalue weighted by Crippen LogP contribution is 2.58. The van der Waals surface area contributed by atoms with E-state index in [-0.39, 0.29) is 16.8 Å². The Morgan fingerprint density at radius 3 is 1.17 bits per heavy atom. The van der Waals surface area contributed by atoms with E-state index >= 15 is 0 Å². The largest absolute Gasteiger partial charge is 0.851 e. The van der Waals surface area contributed by atoms with E-state index < -0.39 is 111 Å². The molecule has 3 aliphatic carbocycles. The maximum Gasteiger partial charge on any atom is 0.433 e. The molecule has 18 nitrogen and oxygen atoms in total. The molecular weight excluding hydrogens is 1600 g/mol. The summed E-state index contributed by atoms with van der Waals surface area (Å²) in [7, 11) is 3.89. The van der Waals surface area contributed by atoms with E-state index in [1.165, 1.54) is 60.3 Å². The van der Waals surface area contributed by atoms with Gasteiger partial charge in [-0.05, 0) is 199 Å². The molecule has 14 aromatic rings. The number of fused-ring (bicyclic) bond motifs is 7. The van der Waals surface area contributed by atoms with E-state index in [2.05, 4.69) is 155 Å². The lowest BCUT2D eigenvalue weighted by Crippen LogP contribution is -2.65. The molecule has 7 unspecified atom stereocenters. The molecule has 648 valence electrons. The first-order chi connectivity index (χ1) is 61.0. The fourth-order valence-electron chi connectivity index (χ4n) is 21.5. The fourth-order valence-corrected chi connectivity index (χ4v) is 21.5. The maximum absolute atomic E-state index is 14.1. The molecule has 0 saturated heterocycles. The van der Waals surface area contributed by atoms with E-state index in [4.69, 9.17) is 0 Å². The fraction of sp³-hybridized carbons (Fsp3) is 0.274. The van der Waals surface area contributed by atoms with Crippen molar-refractivity contribution in [1.82, 2.24) is 29.3 Å². The molecule has 20 rings (SSSR count). The summed E-state index contributed by atoms with van der Waals surface area (Å²) in [6, 6.07) is 88.8. The molecule has 6 heterocycles. The van der Waals surface area contributed by atoms with Crippen molar-refractivity contribution in [2.45, 2.75) is 145 Å². The molecule has 3 saturated carbocycles. The van der Waals surface area contributed by atoms with Gasteiger partial charge in [-0.2, -0.15) is 13.2 Å². The van der Waals surface area contributed by atoms with Gasteiger partial charge in [0.05, 0.1) is 22.6 Å². The lowest BCUT2D eigenvalue weighted by molar-refractivity contribution is -0.544. The summed E-state index contributed by atoms with van der Waals surface area (Å²) in [6.45, 7) is 14.7. The van der Waals surface area contributed by atoms with Crippen LogP contribution in [0.15, 0.2) is 323 Å². The van der Waals surface area contributed by atoms with Crippen LogP contribution in [0.4, 0.5) is 30.2 Å². The Hall–Kier alpha value is -12.9. The number of likely N-dealkylation sites (N-methyl/N-ethyl adjacent to an activating group) is 3. The van der Waals surface area contributed by atoms with Crippen LogP contribution in [0, 0.1) is 38.5 Å². The number of H-pyrrole nitrogens is 3. The number of halogens is 3. The summed E-state index contributed by atoms with van der Waals surface area (Å²) in [5, 5.41) is 95.5. The average molecular weight is 1700 g/mol. The van der Waals surface area contributed by atoms with Gasteiger partial charge in [-0.3, -0.25) is 29.7 Å². The minimum atomic E-state index is -4.94. The van der Waals surface area contributed by atoms with Crippen LogP contribution < -0.4 is 62.0 Å². The minimum absolute atomic E-state index is 0.182. The van der Waals surface area contributed by atoms with Gasteiger partial charge in [0.15, 0.2) is 0 Å². The smallest absolute Gasteiger partial charge is 0.433 e. The predicted octanol–water partition coefficient (Wildman–Crippen LogP) is 13.3. The third kappa shape index (κ3) is 14.4. The molecule has 11 aromatic carbocycles. The Balaban J connectivity index is 0.000000129. The number of aromatic nitrogens is 6. The number of allylic oxidation sites excluding steroid dienone is 3. The van der Waals surface area contributed by atoms with Crippen LogP contribution in [0.3, 0.4) is 0 Å². The number of para-hydroxylation sites is 3. The Morgan fingerprint density at radius 2 is 0.740 bits per heavy atom. The van der Waals surface area contributed by atoms with Gasteiger partial charge in [-0.25, -0.2) is 14.0 Å². The Kier molecular flexibility index (Phi) is 22.2. The third-order valence-electron chi connectivity index (χ3n) is 27.7. The van der Waals surface area contributed by atoms with Crippen molar-refractivity contribution in [3.8, 4) is 17.1 Å². The molecule has 0 amide bonds. The van der Waals surface area contributed by atoms with Crippen molar-refractivity contribution in [3.63, 3.8) is 0 Å². The van der Waals surface area contributed by atoms with Gasteiger partial charge in [0.25, 0.3) is 16.7 Å². The Morgan fingerprint density at radius 1 is 0.394 bits per heavy atom. The first-order valence-corrected chi connectivity index (χ1v) is 43.4. The van der Waals surface area contributed by atoms with Gasteiger partial charge in [-0.15, -0.1) is 36.6 Å². The van der Waals surface area contributed by atoms with E-state index in [1.54, 1.807) is 38.1 Å². The number of aryl methyl sites for hydroxylation is 3. The number of anilines is 3. The monoisotopic (exact) mass is 1700 g/mol. The zero-order valence-corrected chi connectivity index (χ0v) is 72.0. The second kappa shape index (κ2) is 33.2. The topological polar surface area (TPSA) is 261 Å². The molecule has 3 fully saturated rings. The van der Waals surface area contributed by atoms with E-state index in [9.17, 15) is 58.2 Å². The second-order valence-corrected chi connectivity index (χ2v) is 35.7. The molecule has 0 radical (unpaired) electrons. The molecule has 6 aliphatic rings. The zero-order valence-electron chi connectivity index (χ0n) is 72.0. The molecule has 7 atom stereocenters. The number of hydrogen-bond acceptors (Lipinski definition) is 12. The zero-order chi connectivity index (χ0) is 89.0. The van der Waals surface area contributed by atoms with E-state index in [0.29, 0.717) is 40.4 Å². The van der Waals surface area contributed by atoms with Crippen LogP contribution in [0.25, 0.3) is 38.6 Å². The summed E-state index contributed by atoms with van der Waals surface area (Å²) in [5.74, 6) is -5.98. The van der Waals surface area contributed by atoms with Crippen molar-refractivity contribution in [1.29, 1.82) is 0 Å². The Labute approximate surface area is 734 Å². The highest BCUT2D eigenvalue weighted by atomic mass is 19.4. The highest BCUT2D eigenvalue weighted by Gasteiger charge is 2.53. The summed E-state index contributed by atoms with van der Waals surface area (Å²) >= 11 is 0. The van der Waals surface area contributed by atoms with E-state index in [0.717, 1.165) is 79.8 Å². The molecule has 3 aromatic heterocycles. The van der Waals surface area contributed by atoms with Crippen molar-refractivity contribution >= 4 is 38.6 Å². The number of rotatable bonds is 16. The maximum atomic E-state index is 14.1. The molecule has 3 aliphatic heterocycles. The highest BCUT2D eigenvalue weighted by molar-refractivity contribution is 5.96. The molecule has 3 N–H and O–H groups in total. The van der Waals surface area contributed by atoms with Crippen LogP contribution >= 0.6 is 0 Å².